The van der Waals surface area contributed by atoms with Crippen molar-refractivity contribution in [1.82, 2.24) is 14.9 Å². The number of hydrogen-bond donors (Lipinski definition) is 1. The summed E-state index contributed by atoms with van der Waals surface area (Å²) in [7, 11) is 0. The minimum Gasteiger partial charge on any atom is -0.322 e. The Morgan fingerprint density at radius 3 is 2.50 bits per heavy atom. The lowest BCUT2D eigenvalue weighted by molar-refractivity contribution is -0.128. The second-order valence-electron chi connectivity index (χ2n) is 9.11. The van der Waals surface area contributed by atoms with Crippen LogP contribution in [0, 0.1) is 13.8 Å². The van der Waals surface area contributed by atoms with Gasteiger partial charge in [0.1, 0.15) is 5.37 Å². The predicted octanol–water partition coefficient (Wildman–Crippen LogP) is 6.29. The molecular formula is C30H27ClN4O2S. The highest BCUT2D eigenvalue weighted by Gasteiger charge is 2.32. The normalized spacial score (nSPS) is 15.4. The van der Waals surface area contributed by atoms with Gasteiger partial charge in [0.15, 0.2) is 0 Å². The summed E-state index contributed by atoms with van der Waals surface area (Å²) in [4.78, 5) is 27.2. The highest BCUT2D eigenvalue weighted by atomic mass is 35.5. The average Bonchev–Trinajstić information content (AvgIpc) is 3.43. The molecule has 3 aromatic carbocycles. The summed E-state index contributed by atoms with van der Waals surface area (Å²) in [5.74, 6) is 0.267. The van der Waals surface area contributed by atoms with Gasteiger partial charge < -0.3 is 9.47 Å². The molecular weight excluding hydrogens is 516 g/mol. The van der Waals surface area contributed by atoms with Crippen LogP contribution < -0.4 is 5.43 Å². The summed E-state index contributed by atoms with van der Waals surface area (Å²) >= 11 is 8.00. The van der Waals surface area contributed by atoms with Crippen LogP contribution >= 0.6 is 23.4 Å². The summed E-state index contributed by atoms with van der Waals surface area (Å²) in [6, 6.07) is 27.0. The molecule has 1 fully saturated rings. The molecule has 2 heterocycles. The van der Waals surface area contributed by atoms with Crippen LogP contribution in [0.15, 0.2) is 90.0 Å². The van der Waals surface area contributed by atoms with Crippen LogP contribution in [-0.2, 0) is 11.3 Å². The third-order valence-electron chi connectivity index (χ3n) is 6.56. The van der Waals surface area contributed by atoms with Gasteiger partial charge in [-0.05, 0) is 55.3 Å². The maximum absolute atomic E-state index is 12.7. The molecule has 6 nitrogen and oxygen atoms in total. The van der Waals surface area contributed by atoms with Crippen molar-refractivity contribution in [1.29, 1.82) is 0 Å². The maximum atomic E-state index is 12.7. The molecule has 0 radical (unpaired) electrons. The molecule has 1 N–H and O–H groups in total. The smallest absolute Gasteiger partial charge is 0.271 e. The highest BCUT2D eigenvalue weighted by molar-refractivity contribution is 8.00. The molecule has 1 aliphatic rings. The zero-order valence-corrected chi connectivity index (χ0v) is 22.7. The minimum atomic E-state index is -0.302. The number of nitrogens with one attached hydrogen (secondary N) is 1. The van der Waals surface area contributed by atoms with E-state index in [9.17, 15) is 9.59 Å². The SMILES string of the molecule is Cc1cc(/C=N\NC(=O)c2ccc([C@@H]3SCC(=O)N3Cc3ccccc3)cc2)c(C)n1-c1ccccc1Cl. The van der Waals surface area contributed by atoms with Crippen molar-refractivity contribution in [3.05, 3.63) is 124 Å². The first kappa shape index (κ1) is 25.8. The molecule has 38 heavy (non-hydrogen) atoms. The lowest BCUT2D eigenvalue weighted by Gasteiger charge is -2.24. The van der Waals surface area contributed by atoms with Crippen LogP contribution in [-0.4, -0.2) is 33.2 Å². The number of aromatic nitrogens is 1. The van der Waals surface area contributed by atoms with Crippen LogP contribution in [0.4, 0.5) is 0 Å². The summed E-state index contributed by atoms with van der Waals surface area (Å²) in [5, 5.41) is 4.78. The number of nitrogens with zero attached hydrogens (tertiary/aromatic N) is 3. The molecule has 192 valence electrons. The third-order valence-corrected chi connectivity index (χ3v) is 8.13. The fourth-order valence-electron chi connectivity index (χ4n) is 4.63. The molecule has 0 aliphatic carbocycles. The van der Waals surface area contributed by atoms with Crippen molar-refractivity contribution in [2.24, 2.45) is 5.10 Å². The Balaban J connectivity index is 1.25. The van der Waals surface area contributed by atoms with Gasteiger partial charge in [-0.15, -0.1) is 11.8 Å². The van der Waals surface area contributed by atoms with Gasteiger partial charge in [-0.1, -0.05) is 66.2 Å². The van der Waals surface area contributed by atoms with Gasteiger partial charge in [-0.25, -0.2) is 5.43 Å². The van der Waals surface area contributed by atoms with Crippen molar-refractivity contribution >= 4 is 41.4 Å². The molecule has 4 aromatic rings. The molecule has 1 aromatic heterocycles. The summed E-state index contributed by atoms with van der Waals surface area (Å²) < 4.78 is 2.07. The molecule has 8 heteroatoms. The van der Waals surface area contributed by atoms with E-state index in [1.807, 2.05) is 91.5 Å². The molecule has 2 amide bonds. The monoisotopic (exact) mass is 542 g/mol. The number of aryl methyl sites for hydroxylation is 1. The van der Waals surface area contributed by atoms with Gasteiger partial charge in [0, 0.05) is 29.1 Å². The van der Waals surface area contributed by atoms with Crippen LogP contribution in [0.25, 0.3) is 5.69 Å². The zero-order chi connectivity index (χ0) is 26.6. The second kappa shape index (κ2) is 11.3. The Morgan fingerprint density at radius 2 is 1.76 bits per heavy atom. The van der Waals surface area contributed by atoms with Gasteiger partial charge in [-0.3, -0.25) is 9.59 Å². The Labute approximate surface area is 231 Å². The first-order valence-corrected chi connectivity index (χ1v) is 13.7. The lowest BCUT2D eigenvalue weighted by Crippen LogP contribution is -2.27. The summed E-state index contributed by atoms with van der Waals surface area (Å²) in [5.41, 5.74) is 8.98. The minimum absolute atomic E-state index is 0.0776. The molecule has 0 spiro atoms. The van der Waals surface area contributed by atoms with E-state index in [0.717, 1.165) is 33.8 Å². The number of benzene rings is 3. The number of carbonyl (C=O) groups is 2. The van der Waals surface area contributed by atoms with Crippen molar-refractivity contribution in [3.8, 4) is 5.69 Å². The molecule has 5 rings (SSSR count). The van der Waals surface area contributed by atoms with Crippen molar-refractivity contribution < 1.29 is 9.59 Å². The van der Waals surface area contributed by atoms with Crippen molar-refractivity contribution in [3.63, 3.8) is 0 Å². The Kier molecular flexibility index (Phi) is 7.67. The van der Waals surface area contributed by atoms with E-state index in [1.54, 1.807) is 30.1 Å². The van der Waals surface area contributed by atoms with E-state index in [0.29, 0.717) is 22.9 Å². The van der Waals surface area contributed by atoms with Gasteiger partial charge in [0.2, 0.25) is 5.91 Å². The number of halogens is 1. The maximum Gasteiger partial charge on any atom is 0.271 e. The van der Waals surface area contributed by atoms with Gasteiger partial charge in [0.05, 0.1) is 22.7 Å². The van der Waals surface area contributed by atoms with Gasteiger partial charge in [0.25, 0.3) is 5.91 Å². The second-order valence-corrected chi connectivity index (χ2v) is 10.6. The number of hydrogen-bond acceptors (Lipinski definition) is 4. The highest BCUT2D eigenvalue weighted by Crippen LogP contribution is 2.39. The van der Waals surface area contributed by atoms with Gasteiger partial charge >= 0.3 is 0 Å². The topological polar surface area (TPSA) is 66.7 Å². The summed E-state index contributed by atoms with van der Waals surface area (Å²) in [6.45, 7) is 4.56. The molecule has 1 saturated heterocycles. The number of para-hydroxylation sites is 1. The first-order chi connectivity index (χ1) is 18.4. The van der Waals surface area contributed by atoms with E-state index < -0.39 is 0 Å². The fraction of sp³-hybridized carbons (Fsp3) is 0.167. The number of carbonyl (C=O) groups excluding carboxylic acids is 2. The van der Waals surface area contributed by atoms with Crippen molar-refractivity contribution in [2.45, 2.75) is 25.8 Å². The predicted molar refractivity (Wildman–Crippen MR) is 154 cm³/mol. The summed E-state index contributed by atoms with van der Waals surface area (Å²) in [6.07, 6.45) is 1.64. The van der Waals surface area contributed by atoms with Crippen LogP contribution in [0.2, 0.25) is 5.02 Å². The molecule has 0 bridgehead atoms. The Hall–Kier alpha value is -3.81. The van der Waals surface area contributed by atoms with Crippen LogP contribution in [0.3, 0.4) is 0 Å². The standard InChI is InChI=1S/C30H27ClN4O2S/c1-20-16-25(21(2)35(20)27-11-7-6-10-26(27)31)17-32-33-29(37)23-12-14-24(15-13-23)30-34(28(36)19-38-30)18-22-8-4-3-5-9-22/h3-17,30H,18-19H2,1-2H3,(H,33,37)/b32-17-/t30-/m0/s1. The van der Waals surface area contributed by atoms with Crippen LogP contribution in [0.5, 0.6) is 0 Å². The molecule has 1 aliphatic heterocycles. The molecule has 1 atom stereocenters. The van der Waals surface area contributed by atoms with E-state index in [4.69, 9.17) is 11.6 Å². The largest absolute Gasteiger partial charge is 0.322 e. The lowest BCUT2D eigenvalue weighted by atomic mass is 10.1. The fourth-order valence-corrected chi connectivity index (χ4v) is 6.04. The Bertz CT molecular complexity index is 1500. The van der Waals surface area contributed by atoms with E-state index >= 15 is 0 Å². The van der Waals surface area contributed by atoms with E-state index in [-0.39, 0.29) is 17.2 Å². The quantitative estimate of drug-likeness (QED) is 0.220. The molecule has 0 unspecified atom stereocenters. The Morgan fingerprint density at radius 1 is 1.05 bits per heavy atom. The van der Waals surface area contributed by atoms with Gasteiger partial charge in [-0.2, -0.15) is 5.10 Å². The number of amides is 2. The van der Waals surface area contributed by atoms with E-state index in [1.165, 1.54) is 0 Å². The van der Waals surface area contributed by atoms with Crippen molar-refractivity contribution in [2.75, 3.05) is 5.75 Å². The number of hydrazone groups is 1. The molecule has 0 saturated carbocycles. The average molecular weight is 543 g/mol. The number of rotatable bonds is 7. The first-order valence-electron chi connectivity index (χ1n) is 12.2. The number of thioether (sulfide) groups is 1. The zero-order valence-electron chi connectivity index (χ0n) is 21.1. The van der Waals surface area contributed by atoms with E-state index in [2.05, 4.69) is 15.1 Å². The third kappa shape index (κ3) is 5.39. The van der Waals surface area contributed by atoms with Crippen LogP contribution in [0.1, 0.15) is 43.8 Å².